The summed E-state index contributed by atoms with van der Waals surface area (Å²) in [6, 6.07) is 12.6. The minimum absolute atomic E-state index is 0.192. The first-order valence-corrected chi connectivity index (χ1v) is 7.80. The van der Waals surface area contributed by atoms with Crippen molar-refractivity contribution in [2.75, 3.05) is 13.7 Å². The molecule has 0 fully saturated rings. The summed E-state index contributed by atoms with van der Waals surface area (Å²) in [5.41, 5.74) is 1.62. The van der Waals surface area contributed by atoms with Crippen molar-refractivity contribution in [3.05, 3.63) is 63.9 Å². The van der Waals surface area contributed by atoms with Crippen LogP contribution >= 0.6 is 15.9 Å². The average Bonchev–Trinajstić information content (AvgIpc) is 2.50. The third-order valence-electron chi connectivity index (χ3n) is 3.24. The zero-order valence-electron chi connectivity index (χ0n) is 12.2. The molecule has 1 unspecified atom stereocenters. The second-order valence-electron chi connectivity index (χ2n) is 4.81. The molecule has 0 aromatic heterocycles. The Morgan fingerprint density at radius 2 is 1.90 bits per heavy atom. The number of ether oxygens (including phenoxy) is 1. The summed E-state index contributed by atoms with van der Waals surface area (Å²) in [5, 5.41) is 3.16. The summed E-state index contributed by atoms with van der Waals surface area (Å²) in [5.74, 6) is 0.619. The van der Waals surface area contributed by atoms with Gasteiger partial charge >= 0.3 is 0 Å². The first-order chi connectivity index (χ1) is 10.2. The van der Waals surface area contributed by atoms with E-state index in [4.69, 9.17) is 4.74 Å². The molecular formula is C17H19BrFNO. The summed E-state index contributed by atoms with van der Waals surface area (Å²) in [7, 11) is 1.83. The smallest absolute Gasteiger partial charge is 0.128 e. The standard InChI is InChI=1S/C17H19BrFNO/c1-3-10-21-14-7-4-12(5-8-14)17(20-2)15-11-13(18)6-9-16(15)19/h4-9,11,17,20H,3,10H2,1-2H3. The van der Waals surface area contributed by atoms with Crippen LogP contribution in [0.15, 0.2) is 46.9 Å². The van der Waals surface area contributed by atoms with Gasteiger partial charge in [0.25, 0.3) is 0 Å². The van der Waals surface area contributed by atoms with Gasteiger partial charge in [0.1, 0.15) is 11.6 Å². The first kappa shape index (κ1) is 16.0. The van der Waals surface area contributed by atoms with Gasteiger partial charge in [-0.3, -0.25) is 0 Å². The van der Waals surface area contributed by atoms with Gasteiger partial charge in [-0.15, -0.1) is 0 Å². The number of hydrogen-bond donors (Lipinski definition) is 1. The van der Waals surface area contributed by atoms with E-state index in [2.05, 4.69) is 28.2 Å². The molecule has 112 valence electrons. The van der Waals surface area contributed by atoms with Crippen molar-refractivity contribution >= 4 is 15.9 Å². The van der Waals surface area contributed by atoms with Crippen LogP contribution < -0.4 is 10.1 Å². The third kappa shape index (κ3) is 4.05. The zero-order chi connectivity index (χ0) is 15.2. The molecule has 1 N–H and O–H groups in total. The number of hydrogen-bond acceptors (Lipinski definition) is 2. The van der Waals surface area contributed by atoms with Crippen molar-refractivity contribution in [3.63, 3.8) is 0 Å². The quantitative estimate of drug-likeness (QED) is 0.815. The highest BCUT2D eigenvalue weighted by Gasteiger charge is 2.16. The monoisotopic (exact) mass is 351 g/mol. The highest BCUT2D eigenvalue weighted by atomic mass is 79.9. The number of nitrogens with one attached hydrogen (secondary N) is 1. The SMILES string of the molecule is CCCOc1ccc(C(NC)c2cc(Br)ccc2F)cc1. The van der Waals surface area contributed by atoms with Crippen molar-refractivity contribution in [1.82, 2.24) is 5.32 Å². The van der Waals surface area contributed by atoms with Crippen LogP contribution in [0.1, 0.15) is 30.5 Å². The molecule has 0 spiro atoms. The maximum Gasteiger partial charge on any atom is 0.128 e. The summed E-state index contributed by atoms with van der Waals surface area (Å²) >= 11 is 3.39. The lowest BCUT2D eigenvalue weighted by molar-refractivity contribution is 0.317. The van der Waals surface area contributed by atoms with E-state index >= 15 is 0 Å². The topological polar surface area (TPSA) is 21.3 Å². The lowest BCUT2D eigenvalue weighted by Gasteiger charge is -2.18. The number of halogens is 2. The fraction of sp³-hybridized carbons (Fsp3) is 0.294. The second-order valence-corrected chi connectivity index (χ2v) is 5.72. The van der Waals surface area contributed by atoms with Crippen molar-refractivity contribution in [2.24, 2.45) is 0 Å². The molecule has 0 aliphatic rings. The minimum Gasteiger partial charge on any atom is -0.494 e. The summed E-state index contributed by atoms with van der Waals surface area (Å²) < 4.78 is 20.5. The Labute approximate surface area is 133 Å². The van der Waals surface area contributed by atoms with Gasteiger partial charge in [0, 0.05) is 10.0 Å². The van der Waals surface area contributed by atoms with Crippen molar-refractivity contribution in [3.8, 4) is 5.75 Å². The fourth-order valence-electron chi connectivity index (χ4n) is 2.21. The van der Waals surface area contributed by atoms with E-state index in [1.54, 1.807) is 12.1 Å². The van der Waals surface area contributed by atoms with Crippen LogP contribution in [0, 0.1) is 5.82 Å². The van der Waals surface area contributed by atoms with Crippen LogP contribution in [0.3, 0.4) is 0 Å². The van der Waals surface area contributed by atoms with E-state index in [1.165, 1.54) is 6.07 Å². The number of rotatable bonds is 6. The molecule has 0 amide bonds. The Morgan fingerprint density at radius 3 is 2.52 bits per heavy atom. The lowest BCUT2D eigenvalue weighted by atomic mass is 9.98. The predicted molar refractivity (Wildman–Crippen MR) is 87.2 cm³/mol. The first-order valence-electron chi connectivity index (χ1n) is 7.00. The molecule has 1 atom stereocenters. The third-order valence-corrected chi connectivity index (χ3v) is 3.74. The van der Waals surface area contributed by atoms with Crippen LogP contribution in [0.2, 0.25) is 0 Å². The van der Waals surface area contributed by atoms with E-state index in [-0.39, 0.29) is 11.9 Å². The largest absolute Gasteiger partial charge is 0.494 e. The van der Waals surface area contributed by atoms with Crippen LogP contribution in [0.5, 0.6) is 5.75 Å². The molecular weight excluding hydrogens is 333 g/mol. The summed E-state index contributed by atoms with van der Waals surface area (Å²) in [6.45, 7) is 2.77. The van der Waals surface area contributed by atoms with E-state index in [0.717, 1.165) is 22.2 Å². The summed E-state index contributed by atoms with van der Waals surface area (Å²) in [6.07, 6.45) is 0.976. The van der Waals surface area contributed by atoms with Crippen LogP contribution in [-0.2, 0) is 0 Å². The fourth-order valence-corrected chi connectivity index (χ4v) is 2.59. The van der Waals surface area contributed by atoms with Crippen molar-refractivity contribution in [1.29, 1.82) is 0 Å². The Balaban J connectivity index is 2.26. The highest BCUT2D eigenvalue weighted by molar-refractivity contribution is 9.10. The molecule has 0 saturated carbocycles. The predicted octanol–water partition coefficient (Wildman–Crippen LogP) is 4.69. The number of benzene rings is 2. The second kappa shape index (κ2) is 7.57. The summed E-state index contributed by atoms with van der Waals surface area (Å²) in [4.78, 5) is 0. The van der Waals surface area contributed by atoms with Crippen LogP contribution in [0.25, 0.3) is 0 Å². The molecule has 2 nitrogen and oxygen atoms in total. The minimum atomic E-state index is -0.219. The normalized spacial score (nSPS) is 12.2. The Morgan fingerprint density at radius 1 is 1.19 bits per heavy atom. The molecule has 4 heteroatoms. The van der Waals surface area contributed by atoms with Crippen molar-refractivity contribution in [2.45, 2.75) is 19.4 Å². The molecule has 0 aliphatic heterocycles. The molecule has 21 heavy (non-hydrogen) atoms. The molecule has 2 aromatic carbocycles. The molecule has 2 aromatic rings. The van der Waals surface area contributed by atoms with Gasteiger partial charge in [-0.2, -0.15) is 0 Å². The van der Waals surface area contributed by atoms with Gasteiger partial charge in [0.05, 0.1) is 12.6 Å². The molecule has 2 rings (SSSR count). The zero-order valence-corrected chi connectivity index (χ0v) is 13.8. The van der Waals surface area contributed by atoms with E-state index in [0.29, 0.717) is 12.2 Å². The van der Waals surface area contributed by atoms with Gasteiger partial charge in [-0.05, 0) is 49.4 Å². The Kier molecular flexibility index (Phi) is 5.76. The van der Waals surface area contributed by atoms with E-state index in [1.807, 2.05) is 31.3 Å². The molecule has 0 radical (unpaired) electrons. The van der Waals surface area contributed by atoms with Gasteiger partial charge in [-0.1, -0.05) is 35.0 Å². The maximum atomic E-state index is 14.1. The van der Waals surface area contributed by atoms with Crippen molar-refractivity contribution < 1.29 is 9.13 Å². The van der Waals surface area contributed by atoms with Crippen LogP contribution in [-0.4, -0.2) is 13.7 Å². The highest BCUT2D eigenvalue weighted by Crippen LogP contribution is 2.28. The Bertz CT molecular complexity index is 586. The molecule has 0 aliphatic carbocycles. The molecule has 0 bridgehead atoms. The van der Waals surface area contributed by atoms with Gasteiger partial charge < -0.3 is 10.1 Å². The average molecular weight is 352 g/mol. The Hall–Kier alpha value is -1.39. The maximum absolute atomic E-state index is 14.1. The van der Waals surface area contributed by atoms with Gasteiger partial charge in [0.15, 0.2) is 0 Å². The van der Waals surface area contributed by atoms with E-state index in [9.17, 15) is 4.39 Å². The van der Waals surface area contributed by atoms with Crippen LogP contribution in [0.4, 0.5) is 4.39 Å². The lowest BCUT2D eigenvalue weighted by Crippen LogP contribution is -2.19. The van der Waals surface area contributed by atoms with E-state index < -0.39 is 0 Å². The molecule has 0 heterocycles. The van der Waals surface area contributed by atoms with Gasteiger partial charge in [-0.25, -0.2) is 4.39 Å². The van der Waals surface area contributed by atoms with Gasteiger partial charge in [0.2, 0.25) is 0 Å². The molecule has 0 saturated heterocycles.